The zero-order valence-corrected chi connectivity index (χ0v) is 19.5. The van der Waals surface area contributed by atoms with Crippen LogP contribution in [0.4, 0.5) is 22.1 Å². The Morgan fingerprint density at radius 1 is 1.12 bits per heavy atom. The Morgan fingerprint density at radius 2 is 1.85 bits per heavy atom. The number of carboxylic acid groups (broad SMARTS) is 1. The first kappa shape index (κ1) is 23.1. The van der Waals surface area contributed by atoms with E-state index in [2.05, 4.69) is 20.3 Å². The van der Waals surface area contributed by atoms with Crippen LogP contribution in [0.25, 0.3) is 5.69 Å². The zero-order chi connectivity index (χ0) is 24.5. The van der Waals surface area contributed by atoms with Crippen LogP contribution in [0, 0.1) is 5.41 Å². The lowest BCUT2D eigenvalue weighted by Crippen LogP contribution is -2.59. The van der Waals surface area contributed by atoms with Gasteiger partial charge in [-0.25, -0.2) is 14.5 Å². The van der Waals surface area contributed by atoms with E-state index in [9.17, 15) is 14.7 Å². The number of aromatic nitrogens is 3. The number of hydrogen-bond donors (Lipinski definition) is 3. The largest absolute Gasteiger partial charge is 0.465 e. The van der Waals surface area contributed by atoms with Gasteiger partial charge in [0.2, 0.25) is 0 Å². The molecule has 1 fully saturated rings. The maximum Gasteiger partial charge on any atom is 0.407 e. The minimum absolute atomic E-state index is 0.175. The maximum absolute atomic E-state index is 12.8. The van der Waals surface area contributed by atoms with Crippen molar-refractivity contribution in [3.8, 4) is 5.69 Å². The Balaban J connectivity index is 1.45. The number of pyridine rings is 1. The Hall–Kier alpha value is -4.08. The fraction of sp³-hybridized carbons (Fsp3) is 0.333. The molecule has 2 amide bonds. The van der Waals surface area contributed by atoms with Crippen LogP contribution in [-0.2, 0) is 0 Å². The number of para-hydroxylation sites is 1. The lowest BCUT2D eigenvalue weighted by atomic mass is 9.84. The summed E-state index contributed by atoms with van der Waals surface area (Å²) in [5.41, 5.74) is 7.37. The molecule has 0 saturated carbocycles. The topological polar surface area (TPSA) is 130 Å². The van der Waals surface area contributed by atoms with E-state index in [4.69, 9.17) is 5.73 Å². The van der Waals surface area contributed by atoms with Gasteiger partial charge in [-0.1, -0.05) is 39.0 Å². The van der Waals surface area contributed by atoms with Crippen molar-refractivity contribution < 1.29 is 14.7 Å². The molecule has 0 spiro atoms. The van der Waals surface area contributed by atoms with Crippen LogP contribution in [-0.4, -0.2) is 62.4 Å². The molecule has 178 valence electrons. The smallest absolute Gasteiger partial charge is 0.407 e. The Kier molecular flexibility index (Phi) is 6.14. The molecule has 1 aliphatic rings. The molecule has 0 bridgehead atoms. The van der Waals surface area contributed by atoms with Crippen molar-refractivity contribution in [1.82, 2.24) is 19.7 Å². The molecule has 1 saturated heterocycles. The first-order valence-electron chi connectivity index (χ1n) is 11.1. The fourth-order valence-electron chi connectivity index (χ4n) is 4.05. The number of benzene rings is 1. The Morgan fingerprint density at radius 3 is 2.47 bits per heavy atom. The van der Waals surface area contributed by atoms with Crippen molar-refractivity contribution >= 4 is 29.3 Å². The number of carbonyl (C=O) groups is 2. The number of anilines is 3. The van der Waals surface area contributed by atoms with E-state index in [1.54, 1.807) is 23.0 Å². The van der Waals surface area contributed by atoms with Crippen molar-refractivity contribution in [1.29, 1.82) is 0 Å². The second-order valence-corrected chi connectivity index (χ2v) is 9.38. The molecule has 10 nitrogen and oxygen atoms in total. The fourth-order valence-corrected chi connectivity index (χ4v) is 4.05. The normalized spacial score (nSPS) is 16.4. The highest BCUT2D eigenvalue weighted by Gasteiger charge is 2.38. The summed E-state index contributed by atoms with van der Waals surface area (Å²) in [7, 11) is 0. The molecule has 1 aliphatic heterocycles. The highest BCUT2D eigenvalue weighted by Crippen LogP contribution is 2.29. The Labute approximate surface area is 198 Å². The van der Waals surface area contributed by atoms with Crippen LogP contribution in [0.2, 0.25) is 0 Å². The summed E-state index contributed by atoms with van der Waals surface area (Å²) in [6, 6.07) is 12.8. The third-order valence-corrected chi connectivity index (χ3v) is 5.96. The number of nitrogens with one attached hydrogen (secondary N) is 1. The van der Waals surface area contributed by atoms with Crippen molar-refractivity contribution in [2.75, 3.05) is 35.6 Å². The number of nitrogens with two attached hydrogens (primary N) is 1. The van der Waals surface area contributed by atoms with E-state index in [0.29, 0.717) is 36.7 Å². The number of nitrogens with zero attached hydrogens (tertiary/aromatic N) is 5. The second kappa shape index (κ2) is 9.05. The molecule has 34 heavy (non-hydrogen) atoms. The number of rotatable bonds is 4. The van der Waals surface area contributed by atoms with Crippen LogP contribution in [0.3, 0.4) is 0 Å². The average Bonchev–Trinajstić information content (AvgIpc) is 3.18. The molecule has 0 aliphatic carbocycles. The van der Waals surface area contributed by atoms with Gasteiger partial charge in [-0.05, 0) is 29.7 Å². The van der Waals surface area contributed by atoms with Gasteiger partial charge in [-0.15, -0.1) is 5.10 Å². The van der Waals surface area contributed by atoms with Crippen molar-refractivity contribution in [2.45, 2.75) is 26.8 Å². The number of piperazine rings is 1. The minimum atomic E-state index is -0.909. The summed E-state index contributed by atoms with van der Waals surface area (Å²) in [4.78, 5) is 32.4. The van der Waals surface area contributed by atoms with E-state index in [1.807, 2.05) is 51.1 Å². The van der Waals surface area contributed by atoms with Crippen molar-refractivity contribution in [3.63, 3.8) is 0 Å². The average molecular weight is 464 g/mol. The maximum atomic E-state index is 12.8. The molecular formula is C24H29N7O3. The summed E-state index contributed by atoms with van der Waals surface area (Å²) < 4.78 is 1.61. The molecule has 1 unspecified atom stereocenters. The summed E-state index contributed by atoms with van der Waals surface area (Å²) in [6.07, 6.45) is 2.24. The molecule has 1 aromatic carbocycles. The van der Waals surface area contributed by atoms with E-state index in [-0.39, 0.29) is 23.2 Å². The highest BCUT2D eigenvalue weighted by atomic mass is 16.4. The first-order chi connectivity index (χ1) is 16.1. The first-order valence-corrected chi connectivity index (χ1v) is 11.1. The number of nitrogen functional groups attached to an aromatic ring is 1. The lowest BCUT2D eigenvalue weighted by Gasteiger charge is -2.46. The third kappa shape index (κ3) is 4.80. The number of amides is 2. The van der Waals surface area contributed by atoms with Gasteiger partial charge >= 0.3 is 6.09 Å². The minimum Gasteiger partial charge on any atom is -0.465 e. The van der Waals surface area contributed by atoms with E-state index in [1.165, 1.54) is 11.1 Å². The second-order valence-electron chi connectivity index (χ2n) is 9.38. The van der Waals surface area contributed by atoms with Gasteiger partial charge in [-0.2, -0.15) is 0 Å². The van der Waals surface area contributed by atoms with Crippen LogP contribution < -0.4 is 16.0 Å². The molecule has 1 atom stereocenters. The van der Waals surface area contributed by atoms with E-state index < -0.39 is 6.09 Å². The van der Waals surface area contributed by atoms with Crippen LogP contribution in [0.15, 0.2) is 54.9 Å². The van der Waals surface area contributed by atoms with E-state index >= 15 is 0 Å². The number of hydrogen-bond acceptors (Lipinski definition) is 6. The molecule has 0 radical (unpaired) electrons. The van der Waals surface area contributed by atoms with Crippen molar-refractivity contribution in [3.05, 3.63) is 60.4 Å². The molecule has 3 heterocycles. The van der Waals surface area contributed by atoms with Gasteiger partial charge in [0.1, 0.15) is 5.82 Å². The standard InChI is InChI=1S/C24H29N7O3/c1-24(2,3)19-15-29(11-12-30(19)23(33)34)20-10-9-16(13-26-20)22(32)27-21-18(25)14-31(28-21)17-7-5-4-6-8-17/h4-10,13-14,19H,11-12,15,25H2,1-3H3,(H,33,34)(H,27,28,32). The monoisotopic (exact) mass is 463 g/mol. The summed E-state index contributed by atoms with van der Waals surface area (Å²) in [5, 5.41) is 16.7. The summed E-state index contributed by atoms with van der Waals surface area (Å²) in [6.45, 7) is 7.55. The van der Waals surface area contributed by atoms with Gasteiger partial charge < -0.3 is 26.0 Å². The molecule has 4 rings (SSSR count). The predicted octanol–water partition coefficient (Wildman–Crippen LogP) is 3.32. The SMILES string of the molecule is CC(C)(C)C1CN(c2ccc(C(=O)Nc3nn(-c4ccccc4)cc3N)cn2)CCN1C(=O)O. The Bertz CT molecular complexity index is 1170. The third-order valence-electron chi connectivity index (χ3n) is 5.96. The van der Waals surface area contributed by atoms with Crippen molar-refractivity contribution in [2.24, 2.45) is 5.41 Å². The van der Waals surface area contributed by atoms with Gasteiger partial charge in [0, 0.05) is 25.8 Å². The van der Waals surface area contributed by atoms with Crippen LogP contribution >= 0.6 is 0 Å². The molecule has 10 heteroatoms. The lowest BCUT2D eigenvalue weighted by molar-refractivity contribution is 0.0746. The van der Waals surface area contributed by atoms with Gasteiger partial charge in [0.05, 0.1) is 29.2 Å². The quantitative estimate of drug-likeness (QED) is 0.541. The van der Waals surface area contributed by atoms with Gasteiger partial charge in [-0.3, -0.25) is 4.79 Å². The van der Waals surface area contributed by atoms with Crippen LogP contribution in [0.5, 0.6) is 0 Å². The highest BCUT2D eigenvalue weighted by molar-refractivity contribution is 6.04. The molecular weight excluding hydrogens is 434 g/mol. The zero-order valence-electron chi connectivity index (χ0n) is 19.5. The summed E-state index contributed by atoms with van der Waals surface area (Å²) >= 11 is 0. The summed E-state index contributed by atoms with van der Waals surface area (Å²) in [5.74, 6) is 0.603. The van der Waals surface area contributed by atoms with Gasteiger partial charge in [0.25, 0.3) is 5.91 Å². The number of carbonyl (C=O) groups excluding carboxylic acids is 1. The molecule has 4 N–H and O–H groups in total. The molecule has 2 aromatic heterocycles. The molecule has 3 aromatic rings. The van der Waals surface area contributed by atoms with E-state index in [0.717, 1.165) is 5.69 Å². The van der Waals surface area contributed by atoms with Crippen LogP contribution in [0.1, 0.15) is 31.1 Å². The van der Waals surface area contributed by atoms with Gasteiger partial charge in [0.15, 0.2) is 5.82 Å². The predicted molar refractivity (Wildman–Crippen MR) is 130 cm³/mol.